The maximum absolute atomic E-state index is 3.46. The van der Waals surface area contributed by atoms with Crippen molar-refractivity contribution in [1.29, 1.82) is 0 Å². The van der Waals surface area contributed by atoms with Crippen molar-refractivity contribution in [2.45, 2.75) is 11.0 Å². The Morgan fingerprint density at radius 1 is 1.50 bits per heavy atom. The molecule has 2 heteroatoms. The molecule has 0 saturated carbocycles. The van der Waals surface area contributed by atoms with Gasteiger partial charge in [0.1, 0.15) is 0 Å². The van der Waals surface area contributed by atoms with E-state index < -0.39 is 14.2 Å². The van der Waals surface area contributed by atoms with Crippen LogP contribution in [0, 0.1) is 0 Å². The Bertz CT molecular complexity index is 10.8. The van der Waals surface area contributed by atoms with Gasteiger partial charge >= 0.3 is 38.8 Å². The zero-order valence-corrected chi connectivity index (χ0v) is 6.96. The molecule has 0 radical (unpaired) electrons. The molecule has 0 spiro atoms. The fourth-order valence-electron chi connectivity index (χ4n) is 0. The van der Waals surface area contributed by atoms with E-state index in [1.807, 2.05) is 0 Å². The normalized spacial score (nSPS) is 6.75. The van der Waals surface area contributed by atoms with Crippen molar-refractivity contribution in [3.8, 4) is 0 Å². The van der Waals surface area contributed by atoms with Crippen LogP contribution in [0.3, 0.4) is 0 Å². The van der Waals surface area contributed by atoms with Gasteiger partial charge in [0.15, 0.2) is 0 Å². The summed E-state index contributed by atoms with van der Waals surface area (Å²) in [4.78, 5) is 0. The van der Waals surface area contributed by atoms with E-state index >= 15 is 0 Å². The second kappa shape index (κ2) is 2.36. The van der Waals surface area contributed by atoms with Gasteiger partial charge in [0.2, 0.25) is 0 Å². The molecule has 24 valence electrons. The second-order valence-electron chi connectivity index (χ2n) is 1.01. The van der Waals surface area contributed by atoms with Crippen LogP contribution in [-0.4, -0.2) is 14.2 Å². The first-order valence-electron chi connectivity index (χ1n) is 1.37. The van der Waals surface area contributed by atoms with Crippen LogP contribution in [-0.2, 0) is 0 Å². The molecule has 0 aromatic heterocycles. The Balaban J connectivity index is 2.32. The number of hydrogen-bond acceptors (Lipinski definition) is 0. The van der Waals surface area contributed by atoms with Gasteiger partial charge in [-0.3, -0.25) is 0 Å². The summed E-state index contributed by atoms with van der Waals surface area (Å²) in [6, 6.07) is 0. The summed E-state index contributed by atoms with van der Waals surface area (Å²) >= 11 is 2.79. The van der Waals surface area contributed by atoms with E-state index in [1.165, 1.54) is 0 Å². The SMILES string of the molecule is [CH3][Ga]([CH3])[Br]. The average molecular weight is 180 g/mol. The first-order chi connectivity index (χ1) is 1.73. The molecule has 0 aromatic rings. The van der Waals surface area contributed by atoms with Gasteiger partial charge in [0.05, 0.1) is 0 Å². The van der Waals surface area contributed by atoms with Crippen LogP contribution in [0.5, 0.6) is 0 Å². The monoisotopic (exact) mass is 178 g/mol. The van der Waals surface area contributed by atoms with Crippen molar-refractivity contribution in [2.75, 3.05) is 0 Å². The zero-order valence-electron chi connectivity index (χ0n) is 2.96. The van der Waals surface area contributed by atoms with E-state index in [0.29, 0.717) is 0 Å². The van der Waals surface area contributed by atoms with E-state index in [1.54, 1.807) is 0 Å². The number of rotatable bonds is 0. The van der Waals surface area contributed by atoms with Crippen LogP contribution in [0.1, 0.15) is 0 Å². The van der Waals surface area contributed by atoms with Crippen LogP contribution in [0.2, 0.25) is 11.0 Å². The van der Waals surface area contributed by atoms with Gasteiger partial charge in [-0.2, -0.15) is 0 Å². The predicted octanol–water partition coefficient (Wildman–Crippen LogP) is 1.63. The third-order valence-electron chi connectivity index (χ3n) is 0. The summed E-state index contributed by atoms with van der Waals surface area (Å²) in [6.07, 6.45) is 0. The van der Waals surface area contributed by atoms with Crippen molar-refractivity contribution in [3.05, 3.63) is 0 Å². The van der Waals surface area contributed by atoms with E-state index in [4.69, 9.17) is 0 Å². The Morgan fingerprint density at radius 2 is 1.50 bits per heavy atom. The summed E-state index contributed by atoms with van der Waals surface area (Å²) in [5.74, 6) is 0. The molecule has 0 atom stereocenters. The molecule has 0 fully saturated rings. The predicted molar refractivity (Wildman–Crippen MR) is 26.4 cm³/mol. The Morgan fingerprint density at radius 3 is 1.50 bits per heavy atom. The van der Waals surface area contributed by atoms with Gasteiger partial charge in [-0.15, -0.1) is 0 Å². The molecule has 0 aromatic carbocycles. The topological polar surface area (TPSA) is 0 Å². The van der Waals surface area contributed by atoms with E-state index in [-0.39, 0.29) is 0 Å². The Kier molecular flexibility index (Phi) is 3.02. The molecule has 0 aliphatic rings. The molecular weight excluding hydrogens is 174 g/mol. The molecular formula is C2H6BrGa. The molecule has 0 heterocycles. The number of halogens is 1. The third kappa shape index (κ3) is 11.2. The minimum atomic E-state index is -0.667. The Hall–Kier alpha value is 1.12. The van der Waals surface area contributed by atoms with Crippen molar-refractivity contribution in [1.82, 2.24) is 0 Å². The molecule has 0 bridgehead atoms. The molecule has 0 N–H and O–H groups in total. The van der Waals surface area contributed by atoms with Gasteiger partial charge < -0.3 is 0 Å². The molecule has 4 heavy (non-hydrogen) atoms. The second-order valence-corrected chi connectivity index (χ2v) is 14.8. The number of hydrogen-bond donors (Lipinski definition) is 0. The van der Waals surface area contributed by atoms with Gasteiger partial charge in [-0.05, 0) is 0 Å². The summed E-state index contributed by atoms with van der Waals surface area (Å²) in [7, 11) is 0. The molecule has 0 rings (SSSR count). The van der Waals surface area contributed by atoms with E-state index in [2.05, 4.69) is 24.5 Å². The molecule has 0 unspecified atom stereocenters. The molecule has 0 saturated heterocycles. The van der Waals surface area contributed by atoms with Crippen LogP contribution in [0.15, 0.2) is 0 Å². The van der Waals surface area contributed by atoms with Gasteiger partial charge in [-0.1, -0.05) is 0 Å². The molecule has 0 aliphatic heterocycles. The minimum absolute atomic E-state index is 0.667. The summed E-state index contributed by atoms with van der Waals surface area (Å²) in [6.45, 7) is 0. The third-order valence-corrected chi connectivity index (χ3v) is 0. The van der Waals surface area contributed by atoms with Crippen molar-refractivity contribution in [3.63, 3.8) is 0 Å². The van der Waals surface area contributed by atoms with Crippen molar-refractivity contribution in [2.24, 2.45) is 0 Å². The van der Waals surface area contributed by atoms with Crippen LogP contribution in [0.4, 0.5) is 0 Å². The summed E-state index contributed by atoms with van der Waals surface area (Å²) < 4.78 is 0. The molecule has 0 aliphatic carbocycles. The van der Waals surface area contributed by atoms with Gasteiger partial charge in [-0.25, -0.2) is 0 Å². The average Bonchev–Trinajstić information content (AvgIpc) is 0.811. The quantitative estimate of drug-likeness (QED) is 0.496. The fraction of sp³-hybridized carbons (Fsp3) is 1.00. The van der Waals surface area contributed by atoms with E-state index in [9.17, 15) is 0 Å². The van der Waals surface area contributed by atoms with Crippen LogP contribution >= 0.6 is 13.6 Å². The zero-order chi connectivity index (χ0) is 3.58. The molecule has 0 nitrogen and oxygen atoms in total. The summed E-state index contributed by atoms with van der Waals surface area (Å²) in [5, 5.41) is 0. The Labute approximate surface area is 38.9 Å². The van der Waals surface area contributed by atoms with E-state index in [0.717, 1.165) is 0 Å². The van der Waals surface area contributed by atoms with Gasteiger partial charge in [0, 0.05) is 0 Å². The standard InChI is InChI=1S/2CH3.BrH.Ga/h2*1H3;1H;/q;;;+1/p-1. The maximum atomic E-state index is 3.46. The molecule has 0 amide bonds. The fourth-order valence-corrected chi connectivity index (χ4v) is 0. The van der Waals surface area contributed by atoms with Crippen LogP contribution < -0.4 is 0 Å². The first kappa shape index (κ1) is 5.12. The van der Waals surface area contributed by atoms with Crippen molar-refractivity contribution < 1.29 is 0 Å². The summed E-state index contributed by atoms with van der Waals surface area (Å²) in [5.41, 5.74) is 4.54. The van der Waals surface area contributed by atoms with Crippen molar-refractivity contribution >= 4 is 27.8 Å². The first-order valence-corrected chi connectivity index (χ1v) is 11.9. The van der Waals surface area contributed by atoms with Crippen LogP contribution in [0.25, 0.3) is 0 Å². The van der Waals surface area contributed by atoms with Gasteiger partial charge in [0.25, 0.3) is 0 Å².